The van der Waals surface area contributed by atoms with Gasteiger partial charge in [-0.2, -0.15) is 0 Å². The molecule has 0 spiro atoms. The van der Waals surface area contributed by atoms with Crippen molar-refractivity contribution in [3.8, 4) is 0 Å². The number of hydrogen-bond acceptors (Lipinski definition) is 1. The Morgan fingerprint density at radius 2 is 0.778 bits per heavy atom. The van der Waals surface area contributed by atoms with Crippen LogP contribution in [0.1, 0.15) is 206 Å². The summed E-state index contributed by atoms with van der Waals surface area (Å²) in [5.41, 5.74) is 7.05. The standard InChI is InChI=1S/C44H79N/c1-3-5-7-9-11-13-15-17-19-21-23-25-27-29-31-33-35-44(39-41-37-43(45)38-42(41)40-44)36-34-32-30-28-26-24-22-20-18-16-14-12-10-8-6-4-2/h11-14,17-20,41-43H,3-10,15-16,21-40,45H2,1-2H3/b13-11-,14-12-,19-17-,20-18-. The molecule has 45 heavy (non-hydrogen) atoms. The number of nitrogens with two attached hydrogens (primary N) is 1. The van der Waals surface area contributed by atoms with E-state index in [4.69, 9.17) is 5.73 Å². The van der Waals surface area contributed by atoms with Gasteiger partial charge in [0.05, 0.1) is 0 Å². The lowest BCUT2D eigenvalue weighted by molar-refractivity contribution is 0.208. The van der Waals surface area contributed by atoms with Gasteiger partial charge in [-0.3, -0.25) is 0 Å². The van der Waals surface area contributed by atoms with Crippen LogP contribution in [0.15, 0.2) is 48.6 Å². The Kier molecular flexibility index (Phi) is 24.9. The zero-order chi connectivity index (χ0) is 32.1. The van der Waals surface area contributed by atoms with Crippen LogP contribution in [0.3, 0.4) is 0 Å². The van der Waals surface area contributed by atoms with Crippen molar-refractivity contribution < 1.29 is 0 Å². The summed E-state index contributed by atoms with van der Waals surface area (Å²) in [7, 11) is 0. The summed E-state index contributed by atoms with van der Waals surface area (Å²) in [6, 6.07) is 0.502. The first-order valence-electron chi connectivity index (χ1n) is 20.5. The van der Waals surface area contributed by atoms with Crippen LogP contribution in [0.2, 0.25) is 0 Å². The molecule has 1 nitrogen and oxygen atoms in total. The van der Waals surface area contributed by atoms with Gasteiger partial charge in [0.25, 0.3) is 0 Å². The molecule has 260 valence electrons. The average molecular weight is 622 g/mol. The van der Waals surface area contributed by atoms with Crippen molar-refractivity contribution in [1.82, 2.24) is 0 Å². The lowest BCUT2D eigenvalue weighted by atomic mass is 9.74. The molecule has 0 aromatic carbocycles. The monoisotopic (exact) mass is 622 g/mol. The molecule has 2 unspecified atom stereocenters. The average Bonchev–Trinajstić information content (AvgIpc) is 3.54. The molecule has 0 aromatic heterocycles. The van der Waals surface area contributed by atoms with Crippen molar-refractivity contribution in [2.75, 3.05) is 0 Å². The Hall–Kier alpha value is -1.08. The molecule has 0 bridgehead atoms. The SMILES string of the molecule is CCCCC/C=C\C/C=C\CCCCCCCCC1(CCCCCCCC/C=C\C/C=C\CCCCC)CC2CC(N)CC2C1. The summed E-state index contributed by atoms with van der Waals surface area (Å²) in [5.74, 6) is 1.91. The highest BCUT2D eigenvalue weighted by Gasteiger charge is 2.47. The first-order valence-corrected chi connectivity index (χ1v) is 20.5. The molecular formula is C44H79N. The van der Waals surface area contributed by atoms with E-state index >= 15 is 0 Å². The molecule has 2 N–H and O–H groups in total. The second-order valence-corrected chi connectivity index (χ2v) is 15.3. The van der Waals surface area contributed by atoms with Gasteiger partial charge >= 0.3 is 0 Å². The fraction of sp³-hybridized carbons (Fsp3) is 0.818. The van der Waals surface area contributed by atoms with Crippen LogP contribution in [-0.2, 0) is 0 Å². The van der Waals surface area contributed by atoms with E-state index in [1.807, 2.05) is 0 Å². The van der Waals surface area contributed by atoms with Gasteiger partial charge in [-0.15, -0.1) is 0 Å². The molecule has 0 saturated heterocycles. The van der Waals surface area contributed by atoms with Crippen LogP contribution < -0.4 is 5.73 Å². The maximum Gasteiger partial charge on any atom is 0.00443 e. The molecule has 2 saturated carbocycles. The Morgan fingerprint density at radius 3 is 1.16 bits per heavy atom. The molecule has 0 amide bonds. The predicted molar refractivity (Wildman–Crippen MR) is 204 cm³/mol. The number of hydrogen-bond donors (Lipinski definition) is 1. The molecule has 2 rings (SSSR count). The van der Waals surface area contributed by atoms with E-state index in [0.29, 0.717) is 11.5 Å². The fourth-order valence-corrected chi connectivity index (χ4v) is 8.46. The van der Waals surface area contributed by atoms with Crippen molar-refractivity contribution in [1.29, 1.82) is 0 Å². The van der Waals surface area contributed by atoms with E-state index in [9.17, 15) is 0 Å². The highest BCUT2D eigenvalue weighted by Crippen LogP contribution is 2.57. The van der Waals surface area contributed by atoms with Gasteiger partial charge in [0.15, 0.2) is 0 Å². The summed E-state index contributed by atoms with van der Waals surface area (Å²) < 4.78 is 0. The molecular weight excluding hydrogens is 542 g/mol. The molecule has 0 radical (unpaired) electrons. The quantitative estimate of drug-likeness (QED) is 0.0626. The highest BCUT2D eigenvalue weighted by molar-refractivity contribution is 5.00. The molecule has 2 aliphatic rings. The zero-order valence-electron chi connectivity index (χ0n) is 30.6. The van der Waals surface area contributed by atoms with Crippen LogP contribution in [0.25, 0.3) is 0 Å². The molecule has 1 heteroatoms. The third-order valence-corrected chi connectivity index (χ3v) is 11.1. The molecule has 2 fully saturated rings. The number of unbranched alkanes of at least 4 members (excludes halogenated alkanes) is 18. The number of fused-ring (bicyclic) bond motifs is 1. The van der Waals surface area contributed by atoms with E-state index in [1.165, 1.54) is 180 Å². The Morgan fingerprint density at radius 1 is 0.444 bits per heavy atom. The summed E-state index contributed by atoms with van der Waals surface area (Å²) in [4.78, 5) is 0. The predicted octanol–water partition coefficient (Wildman–Crippen LogP) is 14.5. The minimum Gasteiger partial charge on any atom is -0.328 e. The third-order valence-electron chi connectivity index (χ3n) is 11.1. The van der Waals surface area contributed by atoms with E-state index in [0.717, 1.165) is 24.7 Å². The van der Waals surface area contributed by atoms with E-state index in [2.05, 4.69) is 62.5 Å². The third kappa shape index (κ3) is 20.7. The smallest absolute Gasteiger partial charge is 0.00443 e. The largest absolute Gasteiger partial charge is 0.328 e. The maximum absolute atomic E-state index is 6.38. The molecule has 0 heterocycles. The molecule has 2 atom stereocenters. The Balaban J connectivity index is 1.50. The van der Waals surface area contributed by atoms with Gasteiger partial charge in [0.1, 0.15) is 0 Å². The summed E-state index contributed by atoms with van der Waals surface area (Å²) in [5, 5.41) is 0. The summed E-state index contributed by atoms with van der Waals surface area (Å²) in [6.45, 7) is 4.55. The van der Waals surface area contributed by atoms with Crippen molar-refractivity contribution in [3.05, 3.63) is 48.6 Å². The van der Waals surface area contributed by atoms with Gasteiger partial charge in [-0.1, -0.05) is 152 Å². The summed E-state index contributed by atoms with van der Waals surface area (Å²) in [6.07, 6.45) is 60.2. The normalized spacial score (nSPS) is 21.4. The van der Waals surface area contributed by atoms with E-state index in [-0.39, 0.29) is 0 Å². The fourth-order valence-electron chi connectivity index (χ4n) is 8.46. The summed E-state index contributed by atoms with van der Waals surface area (Å²) >= 11 is 0. The van der Waals surface area contributed by atoms with Crippen molar-refractivity contribution in [2.24, 2.45) is 23.0 Å². The second kappa shape index (κ2) is 28.0. The molecule has 2 aliphatic carbocycles. The van der Waals surface area contributed by atoms with Gasteiger partial charge in [-0.25, -0.2) is 0 Å². The molecule has 0 aromatic rings. The van der Waals surface area contributed by atoms with Gasteiger partial charge < -0.3 is 5.73 Å². The van der Waals surface area contributed by atoms with Crippen LogP contribution in [0, 0.1) is 17.3 Å². The van der Waals surface area contributed by atoms with Crippen molar-refractivity contribution >= 4 is 0 Å². The number of allylic oxidation sites excluding steroid dienone is 8. The van der Waals surface area contributed by atoms with Crippen LogP contribution in [0.4, 0.5) is 0 Å². The first kappa shape index (κ1) is 40.1. The van der Waals surface area contributed by atoms with Gasteiger partial charge in [-0.05, 0) is 120 Å². The number of rotatable bonds is 30. The van der Waals surface area contributed by atoms with Crippen LogP contribution in [-0.4, -0.2) is 6.04 Å². The van der Waals surface area contributed by atoms with Gasteiger partial charge in [0.2, 0.25) is 0 Å². The topological polar surface area (TPSA) is 26.0 Å². The van der Waals surface area contributed by atoms with Crippen molar-refractivity contribution in [2.45, 2.75) is 213 Å². The lowest BCUT2D eigenvalue weighted by Crippen LogP contribution is -2.22. The zero-order valence-corrected chi connectivity index (χ0v) is 30.6. The lowest BCUT2D eigenvalue weighted by Gasteiger charge is -2.31. The van der Waals surface area contributed by atoms with Crippen molar-refractivity contribution in [3.63, 3.8) is 0 Å². The highest BCUT2D eigenvalue weighted by atomic mass is 14.7. The Labute approximate surface area is 283 Å². The van der Waals surface area contributed by atoms with Crippen LogP contribution >= 0.6 is 0 Å². The minimum absolute atomic E-state index is 0.502. The molecule has 0 aliphatic heterocycles. The van der Waals surface area contributed by atoms with Crippen LogP contribution in [0.5, 0.6) is 0 Å². The first-order chi connectivity index (χ1) is 22.2. The van der Waals surface area contributed by atoms with E-state index in [1.54, 1.807) is 0 Å². The van der Waals surface area contributed by atoms with Gasteiger partial charge in [0, 0.05) is 6.04 Å². The minimum atomic E-state index is 0.502. The second-order valence-electron chi connectivity index (χ2n) is 15.3. The van der Waals surface area contributed by atoms with E-state index < -0.39 is 0 Å². The maximum atomic E-state index is 6.38. The Bertz CT molecular complexity index is 708.